The average molecular weight is 1140 g/mol. The van der Waals surface area contributed by atoms with Gasteiger partial charge in [-0.15, -0.1) is 0 Å². The summed E-state index contributed by atoms with van der Waals surface area (Å²) >= 11 is 0. The van der Waals surface area contributed by atoms with Crippen molar-refractivity contribution in [3.05, 3.63) is 60.8 Å². The van der Waals surface area contributed by atoms with Gasteiger partial charge in [0.25, 0.3) is 0 Å². The first-order chi connectivity index (χ1) is 38.8. The van der Waals surface area contributed by atoms with Crippen LogP contribution in [0.25, 0.3) is 0 Å². The van der Waals surface area contributed by atoms with Crippen LogP contribution in [0.2, 0.25) is 0 Å². The highest BCUT2D eigenvalue weighted by Gasteiger charge is 2.53. The molecule has 3 rings (SSSR count). The van der Waals surface area contributed by atoms with Crippen LogP contribution in [0.1, 0.15) is 187 Å². The Morgan fingerprint density at radius 2 is 0.863 bits per heavy atom. The van der Waals surface area contributed by atoms with E-state index in [9.17, 15) is 61.0 Å². The van der Waals surface area contributed by atoms with Crippen molar-refractivity contribution in [2.24, 2.45) is 0 Å². The fourth-order valence-electron chi connectivity index (χ4n) is 10.1. The summed E-state index contributed by atoms with van der Waals surface area (Å²) in [6, 6.07) is -0.888. The number of carbonyl (C=O) groups is 1. The monoisotopic (exact) mass is 1140 g/mol. The quantitative estimate of drug-likeness (QED) is 0.0259. The maximum Gasteiger partial charge on any atom is 0.220 e. The normalized spacial score (nSPS) is 30.4. The van der Waals surface area contributed by atoms with E-state index in [1.54, 1.807) is 0 Å². The van der Waals surface area contributed by atoms with Crippen LogP contribution in [-0.2, 0) is 33.2 Å². The Morgan fingerprint density at radius 3 is 1.35 bits per heavy atom. The van der Waals surface area contributed by atoms with Crippen LogP contribution in [0.5, 0.6) is 0 Å². The van der Waals surface area contributed by atoms with E-state index in [2.05, 4.69) is 79.9 Å². The van der Waals surface area contributed by atoms with Gasteiger partial charge in [-0.05, 0) is 57.8 Å². The third-order valence-electron chi connectivity index (χ3n) is 15.1. The summed E-state index contributed by atoms with van der Waals surface area (Å²) < 4.78 is 34.2. The van der Waals surface area contributed by atoms with Gasteiger partial charge in [0.1, 0.15) is 73.2 Å². The summed E-state index contributed by atoms with van der Waals surface area (Å²) in [6.07, 6.45) is 23.4. The SMILES string of the molecule is CC/C=C\C/C=C\C/C=C\C/C=C\C/C=C\CCCCCCCCCCCCCC(=O)NC(COC1OC(CO)C(OC2OC(CO)C(OC3OC(CO)C(O)C(O)C3O)C(O)C2O)C(O)C1O)C(O)CCCCCCCCCC. The highest BCUT2D eigenvalue weighted by Crippen LogP contribution is 2.33. The molecule has 0 bridgehead atoms. The number of rotatable bonds is 44. The standard InChI is InChI=1S/C61H107NO18/c1-3-5-7-9-11-13-14-15-16-17-18-19-20-21-22-23-24-25-26-27-28-29-30-31-33-35-37-39-49(67)62-44(45(66)38-36-34-32-12-10-8-6-4-2)43-75-59-55(73)52(70)57(47(41-64)77-59)80-61-56(74)53(71)58(48(42-65)78-61)79-60-54(72)51(69)50(68)46(40-63)76-60/h5,7,11,13,15-16,18-19,21-22,44-48,50-61,63-66,68-74H,3-4,6,8-10,12,14,17,20,23-43H2,1-2H3,(H,62,67)/b7-5-,13-11-,16-15-,19-18-,22-21-. The van der Waals surface area contributed by atoms with Gasteiger partial charge in [-0.25, -0.2) is 0 Å². The van der Waals surface area contributed by atoms with E-state index in [0.717, 1.165) is 89.9 Å². The number of hydrogen-bond donors (Lipinski definition) is 12. The zero-order valence-electron chi connectivity index (χ0n) is 48.3. The second-order valence-corrected chi connectivity index (χ2v) is 21.8. The van der Waals surface area contributed by atoms with Gasteiger partial charge in [-0.2, -0.15) is 0 Å². The molecule has 0 aromatic heterocycles. The maximum atomic E-state index is 13.3. The predicted octanol–water partition coefficient (Wildman–Crippen LogP) is 5.65. The van der Waals surface area contributed by atoms with Crippen LogP contribution in [0.4, 0.5) is 0 Å². The van der Waals surface area contributed by atoms with Crippen LogP contribution in [0, 0.1) is 0 Å². The fourth-order valence-corrected chi connectivity index (χ4v) is 10.1. The second-order valence-electron chi connectivity index (χ2n) is 21.8. The number of hydrogen-bond acceptors (Lipinski definition) is 18. The van der Waals surface area contributed by atoms with Gasteiger partial charge in [0.15, 0.2) is 18.9 Å². The number of ether oxygens (including phenoxy) is 6. The molecule has 3 saturated heterocycles. The predicted molar refractivity (Wildman–Crippen MR) is 305 cm³/mol. The van der Waals surface area contributed by atoms with Crippen molar-refractivity contribution in [2.75, 3.05) is 26.4 Å². The van der Waals surface area contributed by atoms with Gasteiger partial charge >= 0.3 is 0 Å². The highest BCUT2D eigenvalue weighted by atomic mass is 16.8. The number of amides is 1. The van der Waals surface area contributed by atoms with E-state index in [1.807, 2.05) is 0 Å². The Morgan fingerprint density at radius 1 is 0.463 bits per heavy atom. The smallest absolute Gasteiger partial charge is 0.220 e. The van der Waals surface area contributed by atoms with E-state index < -0.39 is 124 Å². The van der Waals surface area contributed by atoms with Crippen molar-refractivity contribution in [3.8, 4) is 0 Å². The number of allylic oxidation sites excluding steroid dienone is 10. The Hall–Kier alpha value is -2.51. The lowest BCUT2D eigenvalue weighted by atomic mass is 9.96. The molecule has 0 aromatic rings. The Bertz CT molecular complexity index is 1700. The van der Waals surface area contributed by atoms with Gasteiger partial charge in [-0.1, -0.05) is 184 Å². The van der Waals surface area contributed by atoms with E-state index >= 15 is 0 Å². The molecule has 0 saturated carbocycles. The van der Waals surface area contributed by atoms with E-state index in [4.69, 9.17) is 28.4 Å². The van der Waals surface area contributed by atoms with Gasteiger partial charge in [0, 0.05) is 6.42 Å². The van der Waals surface area contributed by atoms with Crippen LogP contribution in [0.3, 0.4) is 0 Å². The highest BCUT2D eigenvalue weighted by molar-refractivity contribution is 5.76. The van der Waals surface area contributed by atoms with Crippen molar-refractivity contribution < 1.29 is 89.4 Å². The van der Waals surface area contributed by atoms with Gasteiger partial charge < -0.3 is 89.9 Å². The second kappa shape index (κ2) is 44.0. The van der Waals surface area contributed by atoms with E-state index in [-0.39, 0.29) is 18.9 Å². The van der Waals surface area contributed by atoms with Crippen LogP contribution >= 0.6 is 0 Å². The molecule has 19 nitrogen and oxygen atoms in total. The molecule has 3 aliphatic heterocycles. The summed E-state index contributed by atoms with van der Waals surface area (Å²) in [5.41, 5.74) is 0. The molecule has 3 aliphatic rings. The molecule has 0 aliphatic carbocycles. The molecule has 19 heteroatoms. The van der Waals surface area contributed by atoms with Gasteiger partial charge in [0.2, 0.25) is 5.91 Å². The molecule has 12 N–H and O–H groups in total. The summed E-state index contributed by atoms with van der Waals surface area (Å²) in [7, 11) is 0. The minimum absolute atomic E-state index is 0.253. The fraction of sp³-hybridized carbons (Fsp3) is 0.820. The lowest BCUT2D eigenvalue weighted by Gasteiger charge is -2.48. The van der Waals surface area contributed by atoms with Gasteiger partial charge in [-0.3, -0.25) is 4.79 Å². The molecular weight excluding hydrogens is 1030 g/mol. The Balaban J connectivity index is 1.39. The molecule has 0 radical (unpaired) electrons. The van der Waals surface area contributed by atoms with Crippen molar-refractivity contribution in [1.29, 1.82) is 0 Å². The number of aliphatic hydroxyl groups is 11. The average Bonchev–Trinajstić information content (AvgIpc) is 3.55. The van der Waals surface area contributed by atoms with Crippen molar-refractivity contribution in [3.63, 3.8) is 0 Å². The first kappa shape index (κ1) is 71.8. The summed E-state index contributed by atoms with van der Waals surface area (Å²) in [6.45, 7) is 1.61. The molecule has 1 amide bonds. The minimum Gasteiger partial charge on any atom is -0.394 e. The summed E-state index contributed by atoms with van der Waals surface area (Å²) in [5.74, 6) is -0.253. The molecule has 3 heterocycles. The Kier molecular flexibility index (Phi) is 39.5. The number of carbonyl (C=O) groups excluding carboxylic acids is 1. The van der Waals surface area contributed by atoms with Crippen LogP contribution in [0.15, 0.2) is 60.8 Å². The lowest BCUT2D eigenvalue weighted by molar-refractivity contribution is -0.379. The molecule has 0 spiro atoms. The van der Waals surface area contributed by atoms with Crippen molar-refractivity contribution in [1.82, 2.24) is 5.32 Å². The van der Waals surface area contributed by atoms with E-state index in [0.29, 0.717) is 12.8 Å². The largest absolute Gasteiger partial charge is 0.394 e. The summed E-state index contributed by atoms with van der Waals surface area (Å²) in [5, 5.41) is 120. The zero-order chi connectivity index (χ0) is 58.3. The number of nitrogens with one attached hydrogen (secondary N) is 1. The third kappa shape index (κ3) is 27.5. The third-order valence-corrected chi connectivity index (χ3v) is 15.1. The molecule has 17 atom stereocenters. The van der Waals surface area contributed by atoms with Crippen LogP contribution in [-0.4, -0.2) is 193 Å². The topological polar surface area (TPSA) is 307 Å². The van der Waals surface area contributed by atoms with Gasteiger partial charge in [0.05, 0.1) is 38.6 Å². The molecule has 0 aromatic carbocycles. The first-order valence-electron chi connectivity index (χ1n) is 30.5. The summed E-state index contributed by atoms with van der Waals surface area (Å²) in [4.78, 5) is 13.3. The minimum atomic E-state index is -1.97. The van der Waals surface area contributed by atoms with E-state index in [1.165, 1.54) is 64.2 Å². The molecule has 17 unspecified atom stereocenters. The Labute approximate surface area is 477 Å². The van der Waals surface area contributed by atoms with Crippen molar-refractivity contribution in [2.45, 2.75) is 291 Å². The van der Waals surface area contributed by atoms with Crippen molar-refractivity contribution >= 4 is 5.91 Å². The molecular formula is C61H107NO18. The first-order valence-corrected chi connectivity index (χ1v) is 30.5. The molecule has 464 valence electrons. The number of unbranched alkanes of at least 4 members (excludes halogenated alkanes) is 18. The molecule has 80 heavy (non-hydrogen) atoms. The van der Waals surface area contributed by atoms with Crippen LogP contribution < -0.4 is 5.32 Å². The lowest BCUT2D eigenvalue weighted by Crippen LogP contribution is -2.66. The maximum absolute atomic E-state index is 13.3. The number of aliphatic hydroxyl groups excluding tert-OH is 11. The molecule has 3 fully saturated rings. The zero-order valence-corrected chi connectivity index (χ0v) is 48.3.